The SMILES string of the molecule is C#CC#CC#C[N]=[Ga]. The van der Waals surface area contributed by atoms with Gasteiger partial charge in [0.2, 0.25) is 0 Å². The summed E-state index contributed by atoms with van der Waals surface area (Å²) in [7, 11) is 0. The summed E-state index contributed by atoms with van der Waals surface area (Å²) in [6.45, 7) is 0. The van der Waals surface area contributed by atoms with E-state index in [0.29, 0.717) is 0 Å². The molecule has 2 heteroatoms. The fraction of sp³-hybridized carbons (Fsp3) is 0. The van der Waals surface area contributed by atoms with Crippen LogP contribution in [0.4, 0.5) is 0 Å². The van der Waals surface area contributed by atoms with E-state index in [-0.39, 0.29) is 0 Å². The molecule has 0 unspecified atom stereocenters. The first-order valence-corrected chi connectivity index (χ1v) is 2.85. The maximum atomic E-state index is 4.79. The van der Waals surface area contributed by atoms with Crippen LogP contribution in [0, 0.1) is 36.1 Å². The molecule has 1 radical (unpaired) electrons. The van der Waals surface area contributed by atoms with E-state index < -0.39 is 0 Å². The van der Waals surface area contributed by atoms with Crippen molar-refractivity contribution in [2.75, 3.05) is 0 Å². The molecule has 0 saturated heterocycles. The van der Waals surface area contributed by atoms with Crippen LogP contribution in [0.3, 0.4) is 0 Å². The molecule has 8 heavy (non-hydrogen) atoms. The minimum absolute atomic E-state index is 1.21. The van der Waals surface area contributed by atoms with Crippen molar-refractivity contribution in [1.29, 1.82) is 0 Å². The molecule has 0 aromatic carbocycles. The third-order valence-electron chi connectivity index (χ3n) is 0.318. The molecule has 0 aromatic heterocycles. The zero-order valence-electron chi connectivity index (χ0n) is 4.10. The Morgan fingerprint density at radius 3 is 2.50 bits per heavy atom. The molecular weight excluding hydrogens is 156 g/mol. The van der Waals surface area contributed by atoms with Crippen molar-refractivity contribution in [1.82, 2.24) is 0 Å². The van der Waals surface area contributed by atoms with Gasteiger partial charge in [0, 0.05) is 0 Å². The average molecular weight is 157 g/mol. The minimum atomic E-state index is 1.21. The summed E-state index contributed by atoms with van der Waals surface area (Å²) in [6.07, 6.45) is 4.79. The van der Waals surface area contributed by atoms with Gasteiger partial charge in [-0.05, 0) is 0 Å². The molecule has 0 aliphatic carbocycles. The zero-order valence-corrected chi connectivity index (χ0v) is 6.52. The summed E-state index contributed by atoms with van der Waals surface area (Å²) in [5.41, 5.74) is 0. The zero-order chi connectivity index (χ0) is 6.24. The fourth-order valence-electron chi connectivity index (χ4n) is 0.128. The standard InChI is InChI=1S/C6HN.Ga/c1-2-3-4-5-6-7;/h1H;. The van der Waals surface area contributed by atoms with Gasteiger partial charge in [-0.25, -0.2) is 0 Å². The van der Waals surface area contributed by atoms with E-state index >= 15 is 0 Å². The Labute approximate surface area is 58.6 Å². The predicted octanol–water partition coefficient (Wildman–Crippen LogP) is -0.0640. The van der Waals surface area contributed by atoms with Gasteiger partial charge in [-0.2, -0.15) is 0 Å². The molecule has 0 spiro atoms. The van der Waals surface area contributed by atoms with Crippen LogP contribution in [0.2, 0.25) is 0 Å². The van der Waals surface area contributed by atoms with Crippen LogP contribution in [0.1, 0.15) is 0 Å². The Morgan fingerprint density at radius 2 is 2.00 bits per heavy atom. The topological polar surface area (TPSA) is 12.4 Å². The van der Waals surface area contributed by atoms with Gasteiger partial charge in [-0.1, -0.05) is 0 Å². The summed E-state index contributed by atoms with van der Waals surface area (Å²) in [6, 6.07) is 2.42. The molecule has 0 heterocycles. The Morgan fingerprint density at radius 1 is 1.25 bits per heavy atom. The van der Waals surface area contributed by atoms with Crippen LogP contribution >= 0.6 is 0 Å². The van der Waals surface area contributed by atoms with Gasteiger partial charge in [0.1, 0.15) is 0 Å². The second kappa shape index (κ2) is 6.12. The van der Waals surface area contributed by atoms with Gasteiger partial charge < -0.3 is 0 Å². The summed E-state index contributed by atoms with van der Waals surface area (Å²) in [5, 5.41) is 0. The van der Waals surface area contributed by atoms with Gasteiger partial charge in [-0.3, -0.25) is 0 Å². The van der Waals surface area contributed by atoms with E-state index in [1.54, 1.807) is 0 Å². The van der Waals surface area contributed by atoms with E-state index in [0.717, 1.165) is 0 Å². The summed E-state index contributed by atoms with van der Waals surface area (Å²) in [4.78, 5) is 0. The summed E-state index contributed by atoms with van der Waals surface area (Å²) in [5.74, 6) is 9.30. The number of rotatable bonds is 0. The molecule has 0 aliphatic rings. The Bertz CT molecular complexity index is 225. The number of nitrogens with zero attached hydrogens (tertiary/aromatic N) is 1. The molecule has 0 fully saturated rings. The fourth-order valence-corrected chi connectivity index (χ4v) is 0.263. The van der Waals surface area contributed by atoms with Crippen LogP contribution in [0.5, 0.6) is 0 Å². The monoisotopic (exact) mass is 156 g/mol. The second-order valence-electron chi connectivity index (χ2n) is 0.760. The summed E-state index contributed by atoms with van der Waals surface area (Å²) < 4.78 is 3.54. The molecule has 1 nitrogen and oxygen atoms in total. The Kier molecular flexibility index (Phi) is 5.44. The molecule has 0 aliphatic heterocycles. The first kappa shape index (κ1) is 7.12. The van der Waals surface area contributed by atoms with E-state index in [1.165, 1.54) is 18.4 Å². The predicted molar refractivity (Wildman–Crippen MR) is 32.6 cm³/mol. The van der Waals surface area contributed by atoms with Crippen LogP contribution in [0.15, 0.2) is 3.65 Å². The van der Waals surface area contributed by atoms with Gasteiger partial charge in [0.05, 0.1) is 0 Å². The molecule has 0 atom stereocenters. The van der Waals surface area contributed by atoms with Crippen LogP contribution < -0.4 is 0 Å². The third-order valence-corrected chi connectivity index (χ3v) is 0.588. The first-order chi connectivity index (χ1) is 3.91. The summed E-state index contributed by atoms with van der Waals surface area (Å²) >= 11 is 1.21. The quantitative estimate of drug-likeness (QED) is 0.344. The van der Waals surface area contributed by atoms with Crippen molar-refractivity contribution in [3.63, 3.8) is 0 Å². The normalized spacial score (nSPS) is 3.75. The Balaban J connectivity index is 3.79. The number of hydrogen-bond acceptors (Lipinski definition) is 1. The molecule has 33 valence electrons. The van der Waals surface area contributed by atoms with Crippen molar-refractivity contribution < 1.29 is 0 Å². The maximum absolute atomic E-state index is 4.79. The molecule has 0 saturated carbocycles. The van der Waals surface area contributed by atoms with Gasteiger partial charge >= 0.3 is 58.2 Å². The van der Waals surface area contributed by atoms with Crippen molar-refractivity contribution in [3.8, 4) is 36.1 Å². The number of hydrogen-bond donors (Lipinski definition) is 0. The van der Waals surface area contributed by atoms with Crippen molar-refractivity contribution in [2.45, 2.75) is 0 Å². The van der Waals surface area contributed by atoms with Crippen molar-refractivity contribution in [2.24, 2.45) is 3.65 Å². The van der Waals surface area contributed by atoms with Crippen molar-refractivity contribution in [3.05, 3.63) is 0 Å². The molecule has 0 aromatic rings. The van der Waals surface area contributed by atoms with Gasteiger partial charge in [-0.15, -0.1) is 0 Å². The first-order valence-electron chi connectivity index (χ1n) is 1.77. The van der Waals surface area contributed by atoms with Gasteiger partial charge in [0.15, 0.2) is 0 Å². The van der Waals surface area contributed by atoms with Crippen molar-refractivity contribution >= 4 is 18.4 Å². The van der Waals surface area contributed by atoms with E-state index in [4.69, 9.17) is 6.42 Å². The third kappa shape index (κ3) is 5.12. The number of terminal acetylenes is 1. The van der Waals surface area contributed by atoms with E-state index in [9.17, 15) is 0 Å². The van der Waals surface area contributed by atoms with Gasteiger partial charge in [0.25, 0.3) is 0 Å². The van der Waals surface area contributed by atoms with Crippen LogP contribution in [-0.4, -0.2) is 18.4 Å². The van der Waals surface area contributed by atoms with Crippen LogP contribution in [0.25, 0.3) is 0 Å². The average Bonchev–Trinajstić information content (AvgIpc) is 1.81. The molecule has 0 rings (SSSR count). The molecular formula is C6HGaN. The molecule has 0 amide bonds. The Hall–Kier alpha value is -0.884. The second-order valence-corrected chi connectivity index (χ2v) is 1.30. The van der Waals surface area contributed by atoms with E-state index in [1.807, 2.05) is 0 Å². The van der Waals surface area contributed by atoms with E-state index in [2.05, 4.69) is 33.4 Å². The molecule has 0 N–H and O–H groups in total. The molecule has 0 bridgehead atoms. The van der Waals surface area contributed by atoms with Crippen LogP contribution in [-0.2, 0) is 0 Å².